The normalized spacial score (nSPS) is 12.8. The number of H-pyrrole nitrogens is 1. The van der Waals surface area contributed by atoms with Crippen molar-refractivity contribution in [2.24, 2.45) is 11.8 Å². The summed E-state index contributed by atoms with van der Waals surface area (Å²) in [6.07, 6.45) is 1.86. The minimum atomic E-state index is 0.0277. The Kier molecular flexibility index (Phi) is 5.05. The molecule has 1 atom stereocenters. The van der Waals surface area contributed by atoms with Crippen molar-refractivity contribution in [1.29, 1.82) is 0 Å². The SMILES string of the molecule is CNCC(C(=O)NCc1ccc[nH]1)C(C)C. The van der Waals surface area contributed by atoms with Crippen molar-refractivity contribution in [1.82, 2.24) is 15.6 Å². The van der Waals surface area contributed by atoms with Crippen molar-refractivity contribution in [3.8, 4) is 0 Å². The minimum absolute atomic E-state index is 0.0277. The molecule has 90 valence electrons. The average molecular weight is 223 g/mol. The first kappa shape index (κ1) is 12.8. The molecule has 4 nitrogen and oxygen atoms in total. The second-order valence-corrected chi connectivity index (χ2v) is 4.32. The van der Waals surface area contributed by atoms with Crippen LogP contribution in [0.15, 0.2) is 18.3 Å². The Bertz CT molecular complexity index is 306. The number of aromatic amines is 1. The van der Waals surface area contributed by atoms with Crippen LogP contribution < -0.4 is 10.6 Å². The molecule has 4 heteroatoms. The number of amides is 1. The molecule has 0 spiro atoms. The molecule has 0 aromatic carbocycles. The fourth-order valence-electron chi connectivity index (χ4n) is 1.64. The Morgan fingerprint density at radius 2 is 2.25 bits per heavy atom. The average Bonchev–Trinajstić information content (AvgIpc) is 2.75. The third-order valence-corrected chi connectivity index (χ3v) is 2.68. The summed E-state index contributed by atoms with van der Waals surface area (Å²) in [5.74, 6) is 0.481. The largest absolute Gasteiger partial charge is 0.364 e. The van der Waals surface area contributed by atoms with E-state index in [1.807, 2.05) is 25.4 Å². The van der Waals surface area contributed by atoms with Crippen molar-refractivity contribution in [2.75, 3.05) is 13.6 Å². The highest BCUT2D eigenvalue weighted by atomic mass is 16.1. The van der Waals surface area contributed by atoms with Crippen LogP contribution in [0.2, 0.25) is 0 Å². The van der Waals surface area contributed by atoms with E-state index >= 15 is 0 Å². The highest BCUT2D eigenvalue weighted by Gasteiger charge is 2.20. The van der Waals surface area contributed by atoms with Gasteiger partial charge in [-0.25, -0.2) is 0 Å². The monoisotopic (exact) mass is 223 g/mol. The molecule has 1 aromatic heterocycles. The van der Waals surface area contributed by atoms with E-state index in [-0.39, 0.29) is 11.8 Å². The predicted octanol–water partition coefficient (Wildman–Crippen LogP) is 1.12. The molecular formula is C12H21N3O. The lowest BCUT2D eigenvalue weighted by atomic mass is 9.95. The molecule has 0 aliphatic heterocycles. The molecule has 0 fully saturated rings. The number of nitrogens with one attached hydrogen (secondary N) is 3. The van der Waals surface area contributed by atoms with Gasteiger partial charge >= 0.3 is 0 Å². The first-order valence-corrected chi connectivity index (χ1v) is 5.69. The van der Waals surface area contributed by atoms with Crippen molar-refractivity contribution in [2.45, 2.75) is 20.4 Å². The van der Waals surface area contributed by atoms with Crippen LogP contribution in [0.5, 0.6) is 0 Å². The van der Waals surface area contributed by atoms with Gasteiger partial charge in [0, 0.05) is 18.4 Å². The van der Waals surface area contributed by atoms with Crippen LogP contribution in [0.3, 0.4) is 0 Å². The quantitative estimate of drug-likeness (QED) is 0.677. The van der Waals surface area contributed by atoms with Gasteiger partial charge in [0.2, 0.25) is 5.91 Å². The van der Waals surface area contributed by atoms with Crippen molar-refractivity contribution in [3.05, 3.63) is 24.0 Å². The summed E-state index contributed by atoms with van der Waals surface area (Å²) >= 11 is 0. The highest BCUT2D eigenvalue weighted by Crippen LogP contribution is 2.10. The molecule has 0 radical (unpaired) electrons. The lowest BCUT2D eigenvalue weighted by Gasteiger charge is -2.19. The van der Waals surface area contributed by atoms with Crippen molar-refractivity contribution >= 4 is 5.91 Å². The summed E-state index contributed by atoms with van der Waals surface area (Å²) < 4.78 is 0. The molecular weight excluding hydrogens is 202 g/mol. The van der Waals surface area contributed by atoms with Gasteiger partial charge in [-0.1, -0.05) is 13.8 Å². The maximum absolute atomic E-state index is 11.9. The zero-order valence-corrected chi connectivity index (χ0v) is 10.2. The minimum Gasteiger partial charge on any atom is -0.364 e. The smallest absolute Gasteiger partial charge is 0.224 e. The molecule has 1 heterocycles. The van der Waals surface area contributed by atoms with E-state index in [0.29, 0.717) is 19.0 Å². The standard InChI is InChI=1S/C12H21N3O/c1-9(2)11(8-13-3)12(16)15-7-10-5-4-6-14-10/h4-6,9,11,13-14H,7-8H2,1-3H3,(H,15,16). The van der Waals surface area contributed by atoms with Crippen LogP contribution in [0.25, 0.3) is 0 Å². The Morgan fingerprint density at radius 1 is 1.50 bits per heavy atom. The third kappa shape index (κ3) is 3.70. The second-order valence-electron chi connectivity index (χ2n) is 4.32. The Hall–Kier alpha value is -1.29. The molecule has 1 unspecified atom stereocenters. The van der Waals surface area contributed by atoms with Crippen LogP contribution >= 0.6 is 0 Å². The van der Waals surface area contributed by atoms with E-state index in [4.69, 9.17) is 0 Å². The predicted molar refractivity (Wildman–Crippen MR) is 64.9 cm³/mol. The molecule has 0 bridgehead atoms. The van der Waals surface area contributed by atoms with Gasteiger partial charge in [-0.3, -0.25) is 4.79 Å². The summed E-state index contributed by atoms with van der Waals surface area (Å²) in [5.41, 5.74) is 1.03. The first-order valence-electron chi connectivity index (χ1n) is 5.69. The van der Waals surface area contributed by atoms with Crippen LogP contribution in [0.4, 0.5) is 0 Å². The van der Waals surface area contributed by atoms with E-state index in [1.54, 1.807) is 0 Å². The molecule has 16 heavy (non-hydrogen) atoms. The number of hydrogen-bond donors (Lipinski definition) is 3. The van der Waals surface area contributed by atoms with E-state index < -0.39 is 0 Å². The maximum Gasteiger partial charge on any atom is 0.224 e. The molecule has 0 aliphatic carbocycles. The number of rotatable bonds is 6. The van der Waals surface area contributed by atoms with Crippen LogP contribution in [-0.4, -0.2) is 24.5 Å². The highest BCUT2D eigenvalue weighted by molar-refractivity contribution is 5.79. The first-order chi connectivity index (χ1) is 7.65. The topological polar surface area (TPSA) is 56.9 Å². The van der Waals surface area contributed by atoms with E-state index in [1.165, 1.54) is 0 Å². The summed E-state index contributed by atoms with van der Waals surface area (Å²) in [6, 6.07) is 3.89. The Morgan fingerprint density at radius 3 is 2.75 bits per heavy atom. The molecule has 0 aliphatic rings. The molecule has 1 amide bonds. The zero-order chi connectivity index (χ0) is 12.0. The Balaban J connectivity index is 2.43. The third-order valence-electron chi connectivity index (χ3n) is 2.68. The number of hydrogen-bond acceptors (Lipinski definition) is 2. The van der Waals surface area contributed by atoms with Gasteiger partial charge in [0.1, 0.15) is 0 Å². The lowest BCUT2D eigenvalue weighted by Crippen LogP contribution is -2.38. The fourth-order valence-corrected chi connectivity index (χ4v) is 1.64. The number of carbonyl (C=O) groups excluding carboxylic acids is 1. The van der Waals surface area contributed by atoms with E-state index in [2.05, 4.69) is 29.5 Å². The van der Waals surface area contributed by atoms with Crippen molar-refractivity contribution in [3.63, 3.8) is 0 Å². The lowest BCUT2D eigenvalue weighted by molar-refractivity contribution is -0.126. The molecule has 1 aromatic rings. The van der Waals surface area contributed by atoms with Crippen LogP contribution in [-0.2, 0) is 11.3 Å². The summed E-state index contributed by atoms with van der Waals surface area (Å²) in [7, 11) is 1.87. The number of aromatic nitrogens is 1. The molecule has 3 N–H and O–H groups in total. The summed E-state index contributed by atoms with van der Waals surface area (Å²) in [5, 5.41) is 6.00. The van der Waals surface area contributed by atoms with Gasteiger partial charge < -0.3 is 15.6 Å². The van der Waals surface area contributed by atoms with Gasteiger partial charge in [-0.2, -0.15) is 0 Å². The van der Waals surface area contributed by atoms with Gasteiger partial charge in [-0.15, -0.1) is 0 Å². The molecule has 1 rings (SSSR count). The Labute approximate surface area is 96.8 Å². The molecule has 0 saturated heterocycles. The van der Waals surface area contributed by atoms with E-state index in [9.17, 15) is 4.79 Å². The van der Waals surface area contributed by atoms with Gasteiger partial charge in [0.25, 0.3) is 0 Å². The maximum atomic E-state index is 11.9. The molecule has 0 saturated carbocycles. The van der Waals surface area contributed by atoms with Gasteiger partial charge in [-0.05, 0) is 25.1 Å². The van der Waals surface area contributed by atoms with E-state index in [0.717, 1.165) is 5.69 Å². The van der Waals surface area contributed by atoms with Crippen LogP contribution in [0.1, 0.15) is 19.5 Å². The summed E-state index contributed by atoms with van der Waals surface area (Å²) in [4.78, 5) is 15.0. The summed E-state index contributed by atoms with van der Waals surface area (Å²) in [6.45, 7) is 5.42. The van der Waals surface area contributed by atoms with Crippen molar-refractivity contribution < 1.29 is 4.79 Å². The number of carbonyl (C=O) groups is 1. The second kappa shape index (κ2) is 6.33. The zero-order valence-electron chi connectivity index (χ0n) is 10.2. The van der Waals surface area contributed by atoms with Crippen LogP contribution in [0, 0.1) is 11.8 Å². The fraction of sp³-hybridized carbons (Fsp3) is 0.583. The van der Waals surface area contributed by atoms with Gasteiger partial charge in [0.05, 0.1) is 12.5 Å². The van der Waals surface area contributed by atoms with Gasteiger partial charge in [0.15, 0.2) is 0 Å².